The van der Waals surface area contributed by atoms with Crippen LogP contribution in [0.2, 0.25) is 0 Å². The third-order valence-corrected chi connectivity index (χ3v) is 6.51. The zero-order valence-corrected chi connectivity index (χ0v) is 18.2. The van der Waals surface area contributed by atoms with Gasteiger partial charge in [0.2, 0.25) is 5.91 Å². The topological polar surface area (TPSA) is 70.1 Å². The molecular formula is C24H19BrN2O4. The van der Waals surface area contributed by atoms with E-state index in [1.54, 1.807) is 60.5 Å². The second-order valence-corrected chi connectivity index (χ2v) is 8.79. The molecule has 3 unspecified atom stereocenters. The lowest BCUT2D eigenvalue weighted by atomic mass is 9.76. The number of nitrogens with zero attached hydrogens (tertiary/aromatic N) is 2. The molecule has 7 heteroatoms. The molecule has 2 aliphatic rings. The minimum Gasteiger partial charge on any atom is -0.508 e. The van der Waals surface area contributed by atoms with Gasteiger partial charge in [-0.25, -0.2) is 9.96 Å². The van der Waals surface area contributed by atoms with Crippen molar-refractivity contribution in [1.82, 2.24) is 0 Å². The van der Waals surface area contributed by atoms with Crippen LogP contribution in [0.1, 0.15) is 18.5 Å². The molecule has 0 aliphatic carbocycles. The molecule has 3 aromatic rings. The Morgan fingerprint density at radius 3 is 2.19 bits per heavy atom. The predicted octanol–water partition coefficient (Wildman–Crippen LogP) is 4.60. The summed E-state index contributed by atoms with van der Waals surface area (Å²) in [6, 6.07) is 22.5. The number of para-hydroxylation sites is 1. The van der Waals surface area contributed by atoms with Gasteiger partial charge in [-0.05, 0) is 61.0 Å². The van der Waals surface area contributed by atoms with Gasteiger partial charge in [-0.15, -0.1) is 0 Å². The van der Waals surface area contributed by atoms with E-state index >= 15 is 0 Å². The Hall–Kier alpha value is -3.16. The van der Waals surface area contributed by atoms with Gasteiger partial charge in [-0.1, -0.05) is 46.3 Å². The standard InChI is InChI=1S/C24H19BrN2O4/c1-24-20(15-7-13-19(28)14-8-15)27(18-5-3-2-4-6-18)31-21(24)22(29)26(23(24)30)17-11-9-16(25)10-12-17/h2-14,20-21,28H,1H3. The number of carbonyl (C=O) groups is 2. The molecule has 0 bridgehead atoms. The van der Waals surface area contributed by atoms with Crippen LogP contribution in [0.4, 0.5) is 11.4 Å². The molecule has 31 heavy (non-hydrogen) atoms. The maximum atomic E-state index is 13.8. The Bertz CT molecular complexity index is 1150. The van der Waals surface area contributed by atoms with Crippen molar-refractivity contribution in [2.75, 3.05) is 9.96 Å². The van der Waals surface area contributed by atoms with Crippen molar-refractivity contribution >= 4 is 39.1 Å². The van der Waals surface area contributed by atoms with Crippen molar-refractivity contribution in [2.24, 2.45) is 5.41 Å². The summed E-state index contributed by atoms with van der Waals surface area (Å²) in [4.78, 5) is 34.6. The molecule has 156 valence electrons. The molecule has 2 heterocycles. The fourth-order valence-electron chi connectivity index (χ4n) is 4.42. The number of fused-ring (bicyclic) bond motifs is 1. The smallest absolute Gasteiger partial charge is 0.266 e. The molecule has 5 rings (SSSR count). The Labute approximate surface area is 187 Å². The number of carbonyl (C=O) groups excluding carboxylic acids is 2. The molecule has 6 nitrogen and oxygen atoms in total. The number of benzene rings is 3. The maximum absolute atomic E-state index is 13.8. The Morgan fingerprint density at radius 2 is 1.55 bits per heavy atom. The summed E-state index contributed by atoms with van der Waals surface area (Å²) in [6.45, 7) is 1.78. The molecule has 0 saturated carbocycles. The number of amides is 2. The number of halogens is 1. The molecule has 2 saturated heterocycles. The lowest BCUT2D eigenvalue weighted by molar-refractivity contribution is -0.128. The molecule has 3 aromatic carbocycles. The first kappa shape index (κ1) is 19.8. The van der Waals surface area contributed by atoms with Gasteiger partial charge in [0.15, 0.2) is 6.10 Å². The highest BCUT2D eigenvalue weighted by Crippen LogP contribution is 2.55. The molecule has 2 aliphatic heterocycles. The number of hydrogen-bond acceptors (Lipinski definition) is 5. The van der Waals surface area contributed by atoms with E-state index in [-0.39, 0.29) is 11.7 Å². The number of phenols is 1. The Kier molecular flexibility index (Phi) is 4.60. The lowest BCUT2D eigenvalue weighted by Gasteiger charge is -2.32. The van der Waals surface area contributed by atoms with Gasteiger partial charge in [-0.3, -0.25) is 14.4 Å². The van der Waals surface area contributed by atoms with E-state index in [0.29, 0.717) is 5.69 Å². The Morgan fingerprint density at radius 1 is 0.903 bits per heavy atom. The summed E-state index contributed by atoms with van der Waals surface area (Å²) >= 11 is 3.38. The van der Waals surface area contributed by atoms with E-state index in [0.717, 1.165) is 15.7 Å². The second-order valence-electron chi connectivity index (χ2n) is 7.88. The quantitative estimate of drug-likeness (QED) is 0.557. The van der Waals surface area contributed by atoms with Gasteiger partial charge in [0.25, 0.3) is 5.91 Å². The van der Waals surface area contributed by atoms with Crippen LogP contribution in [0.15, 0.2) is 83.3 Å². The van der Waals surface area contributed by atoms with Crippen LogP contribution in [0.25, 0.3) is 0 Å². The monoisotopic (exact) mass is 478 g/mol. The van der Waals surface area contributed by atoms with Crippen LogP contribution >= 0.6 is 15.9 Å². The van der Waals surface area contributed by atoms with Gasteiger partial charge in [0.1, 0.15) is 11.2 Å². The number of rotatable bonds is 3. The normalized spacial score (nSPS) is 25.2. The first-order valence-corrected chi connectivity index (χ1v) is 10.6. The first-order chi connectivity index (χ1) is 14.9. The van der Waals surface area contributed by atoms with Crippen LogP contribution in [0.3, 0.4) is 0 Å². The molecule has 0 spiro atoms. The number of aromatic hydroxyl groups is 1. The van der Waals surface area contributed by atoms with Crippen molar-refractivity contribution < 1.29 is 19.5 Å². The number of imide groups is 1. The van der Waals surface area contributed by atoms with Crippen LogP contribution in [-0.4, -0.2) is 23.0 Å². The van der Waals surface area contributed by atoms with Gasteiger partial charge in [0.05, 0.1) is 17.4 Å². The van der Waals surface area contributed by atoms with Crippen molar-refractivity contribution in [3.05, 3.63) is 88.9 Å². The number of phenolic OH excluding ortho intramolecular Hbond substituents is 1. The van der Waals surface area contributed by atoms with Crippen molar-refractivity contribution in [3.8, 4) is 5.75 Å². The summed E-state index contributed by atoms with van der Waals surface area (Å²) in [5.74, 6) is -0.584. The number of hydrogen-bond donors (Lipinski definition) is 1. The number of hydroxylamine groups is 1. The molecule has 1 N–H and O–H groups in total. The summed E-state index contributed by atoms with van der Waals surface area (Å²) in [6.07, 6.45) is -0.970. The van der Waals surface area contributed by atoms with E-state index in [4.69, 9.17) is 4.84 Å². The highest BCUT2D eigenvalue weighted by molar-refractivity contribution is 9.10. The average molecular weight is 479 g/mol. The van der Waals surface area contributed by atoms with E-state index in [1.165, 1.54) is 4.90 Å². The van der Waals surface area contributed by atoms with Gasteiger partial charge in [0, 0.05) is 4.47 Å². The third kappa shape index (κ3) is 2.96. The van der Waals surface area contributed by atoms with Crippen molar-refractivity contribution in [3.63, 3.8) is 0 Å². The highest BCUT2D eigenvalue weighted by Gasteiger charge is 2.68. The fraction of sp³-hybridized carbons (Fsp3) is 0.167. The lowest BCUT2D eigenvalue weighted by Crippen LogP contribution is -2.41. The highest BCUT2D eigenvalue weighted by atomic mass is 79.9. The largest absolute Gasteiger partial charge is 0.508 e. The second kappa shape index (κ2) is 7.21. The fourth-order valence-corrected chi connectivity index (χ4v) is 4.68. The van der Waals surface area contributed by atoms with Gasteiger partial charge < -0.3 is 5.11 Å². The summed E-state index contributed by atoms with van der Waals surface area (Å²) in [5, 5.41) is 11.4. The van der Waals surface area contributed by atoms with Gasteiger partial charge >= 0.3 is 0 Å². The molecule has 3 atom stereocenters. The SMILES string of the molecule is CC12C(=O)N(c3ccc(Br)cc3)C(=O)C1ON(c1ccccc1)C2c1ccc(O)cc1. The summed E-state index contributed by atoms with van der Waals surface area (Å²) in [5.41, 5.74) is 0.863. The van der Waals surface area contributed by atoms with Crippen LogP contribution in [-0.2, 0) is 14.4 Å². The van der Waals surface area contributed by atoms with Crippen LogP contribution in [0, 0.1) is 5.41 Å². The maximum Gasteiger partial charge on any atom is 0.266 e. The first-order valence-electron chi connectivity index (χ1n) is 9.85. The zero-order valence-electron chi connectivity index (χ0n) is 16.6. The Balaban J connectivity index is 1.63. The minimum atomic E-state index is -1.16. The molecule has 2 fully saturated rings. The van der Waals surface area contributed by atoms with Gasteiger partial charge in [-0.2, -0.15) is 0 Å². The molecule has 2 amide bonds. The zero-order chi connectivity index (χ0) is 21.8. The van der Waals surface area contributed by atoms with E-state index < -0.39 is 23.5 Å². The predicted molar refractivity (Wildman–Crippen MR) is 119 cm³/mol. The van der Waals surface area contributed by atoms with Crippen LogP contribution in [0.5, 0.6) is 5.75 Å². The van der Waals surface area contributed by atoms with E-state index in [2.05, 4.69) is 15.9 Å². The minimum absolute atomic E-state index is 0.126. The van der Waals surface area contributed by atoms with Crippen molar-refractivity contribution in [1.29, 1.82) is 0 Å². The van der Waals surface area contributed by atoms with Crippen molar-refractivity contribution in [2.45, 2.75) is 19.1 Å². The average Bonchev–Trinajstić information content (AvgIpc) is 3.19. The van der Waals surface area contributed by atoms with E-state index in [9.17, 15) is 14.7 Å². The summed E-state index contributed by atoms with van der Waals surface area (Å²) in [7, 11) is 0. The molecule has 0 radical (unpaired) electrons. The summed E-state index contributed by atoms with van der Waals surface area (Å²) < 4.78 is 0.857. The van der Waals surface area contributed by atoms with E-state index in [1.807, 2.05) is 30.3 Å². The van der Waals surface area contributed by atoms with Crippen LogP contribution < -0.4 is 9.96 Å². The number of anilines is 2. The molecule has 0 aromatic heterocycles. The third-order valence-electron chi connectivity index (χ3n) is 5.98. The molecular weight excluding hydrogens is 460 g/mol.